The van der Waals surface area contributed by atoms with Crippen LogP contribution in [0.15, 0.2) is 29.6 Å². The second-order valence-corrected chi connectivity index (χ2v) is 12.4. The Bertz CT molecular complexity index is 1400. The lowest BCUT2D eigenvalue weighted by molar-refractivity contribution is -0.141. The van der Waals surface area contributed by atoms with E-state index in [1.807, 2.05) is 6.07 Å². The molecule has 0 aliphatic carbocycles. The van der Waals surface area contributed by atoms with Crippen molar-refractivity contribution in [3.05, 3.63) is 63.0 Å². The molecule has 0 bridgehead atoms. The number of hydrogen-bond donors (Lipinski definition) is 1. The third kappa shape index (κ3) is 5.49. The van der Waals surface area contributed by atoms with Gasteiger partial charge in [-0.2, -0.15) is 0 Å². The van der Waals surface area contributed by atoms with Gasteiger partial charge in [-0.15, -0.1) is 11.3 Å². The lowest BCUT2D eigenvalue weighted by Crippen LogP contribution is -2.40. The fourth-order valence-corrected chi connectivity index (χ4v) is 7.36. The highest BCUT2D eigenvalue weighted by molar-refractivity contribution is 7.14. The van der Waals surface area contributed by atoms with E-state index in [0.717, 1.165) is 86.2 Å². The number of aliphatic carboxylic acids is 1. The predicted molar refractivity (Wildman–Crippen MR) is 158 cm³/mol. The van der Waals surface area contributed by atoms with Gasteiger partial charge in [-0.25, -0.2) is 4.98 Å². The molecule has 0 amide bonds. The molecule has 8 heteroatoms. The molecule has 4 heterocycles. The highest BCUT2D eigenvalue weighted by Gasteiger charge is 2.29. The zero-order valence-corrected chi connectivity index (χ0v) is 24.6. The average molecular weight is 562 g/mol. The molecule has 2 saturated heterocycles. The zero-order chi connectivity index (χ0) is 27.8. The minimum atomic E-state index is -0.718. The molecule has 0 spiro atoms. The van der Waals surface area contributed by atoms with Gasteiger partial charge in [-0.3, -0.25) is 9.69 Å². The largest absolute Gasteiger partial charge is 0.488 e. The Morgan fingerprint density at radius 3 is 2.85 bits per heavy atom. The first kappa shape index (κ1) is 27.2. The first-order chi connectivity index (χ1) is 19.4. The van der Waals surface area contributed by atoms with Crippen LogP contribution in [0.5, 0.6) is 5.75 Å². The van der Waals surface area contributed by atoms with Crippen molar-refractivity contribution < 1.29 is 19.4 Å². The summed E-state index contributed by atoms with van der Waals surface area (Å²) in [6.07, 6.45) is 3.81. The molecule has 0 radical (unpaired) electrons. The number of aryl methyl sites for hydroxylation is 2. The number of hydrogen-bond acceptors (Lipinski definition) is 7. The average Bonchev–Trinajstić information content (AvgIpc) is 3.68. The van der Waals surface area contributed by atoms with Crippen molar-refractivity contribution in [3.8, 4) is 17.0 Å². The molecule has 0 saturated carbocycles. The highest BCUT2D eigenvalue weighted by atomic mass is 32.1. The summed E-state index contributed by atoms with van der Waals surface area (Å²) >= 11 is 1.58. The number of piperidine rings is 1. The molecular weight excluding hydrogens is 522 g/mol. The van der Waals surface area contributed by atoms with Crippen LogP contribution in [-0.4, -0.2) is 59.8 Å². The van der Waals surface area contributed by atoms with Gasteiger partial charge in [0, 0.05) is 49.8 Å². The maximum absolute atomic E-state index is 11.6. The molecule has 2 atom stereocenters. The fraction of sp³-hybridized carbons (Fsp3) is 0.500. The zero-order valence-electron chi connectivity index (χ0n) is 23.7. The SMILES string of the molecule is Cc1ccc(OCc2cc(C)c3c(c2C)CCN(C2CCOC2)C3)c(-c2csc(N3CCC[C@H](C(=O)O)C3)n2)c1. The molecule has 3 aliphatic heterocycles. The van der Waals surface area contributed by atoms with Crippen LogP contribution in [0.25, 0.3) is 11.3 Å². The van der Waals surface area contributed by atoms with Crippen LogP contribution >= 0.6 is 11.3 Å². The van der Waals surface area contributed by atoms with Gasteiger partial charge >= 0.3 is 5.97 Å². The summed E-state index contributed by atoms with van der Waals surface area (Å²) in [4.78, 5) is 21.2. The summed E-state index contributed by atoms with van der Waals surface area (Å²) in [7, 11) is 0. The molecule has 212 valence electrons. The van der Waals surface area contributed by atoms with Gasteiger partial charge < -0.3 is 19.5 Å². The summed E-state index contributed by atoms with van der Waals surface area (Å²) < 4.78 is 12.2. The van der Waals surface area contributed by atoms with E-state index in [0.29, 0.717) is 19.2 Å². The fourth-order valence-electron chi connectivity index (χ4n) is 6.49. The second-order valence-electron chi connectivity index (χ2n) is 11.6. The summed E-state index contributed by atoms with van der Waals surface area (Å²) in [5, 5.41) is 12.4. The van der Waals surface area contributed by atoms with Gasteiger partial charge in [0.2, 0.25) is 0 Å². The Morgan fingerprint density at radius 2 is 2.05 bits per heavy atom. The number of carboxylic acids is 1. The molecule has 1 unspecified atom stereocenters. The number of carboxylic acid groups (broad SMARTS) is 1. The Labute approximate surface area is 240 Å². The van der Waals surface area contributed by atoms with Crippen LogP contribution in [0, 0.1) is 26.7 Å². The van der Waals surface area contributed by atoms with Crippen molar-refractivity contribution in [1.82, 2.24) is 9.88 Å². The lowest BCUT2D eigenvalue weighted by atomic mass is 9.88. The van der Waals surface area contributed by atoms with Crippen LogP contribution in [0.2, 0.25) is 0 Å². The van der Waals surface area contributed by atoms with Crippen LogP contribution < -0.4 is 9.64 Å². The Kier molecular flexibility index (Phi) is 7.84. The molecule has 7 nitrogen and oxygen atoms in total. The van der Waals surface area contributed by atoms with E-state index >= 15 is 0 Å². The van der Waals surface area contributed by atoms with E-state index in [9.17, 15) is 9.90 Å². The number of anilines is 1. The molecule has 3 aromatic rings. The number of nitrogens with zero attached hydrogens (tertiary/aromatic N) is 3. The van der Waals surface area contributed by atoms with Crippen molar-refractivity contribution in [1.29, 1.82) is 0 Å². The predicted octanol–water partition coefficient (Wildman–Crippen LogP) is 5.76. The Hall–Kier alpha value is -2.94. The van der Waals surface area contributed by atoms with Gasteiger partial charge in [-0.05, 0) is 86.4 Å². The van der Waals surface area contributed by atoms with E-state index in [-0.39, 0.29) is 5.92 Å². The van der Waals surface area contributed by atoms with Crippen LogP contribution in [0.1, 0.15) is 52.6 Å². The molecular formula is C32H39N3O4S. The number of ether oxygens (including phenoxy) is 2. The monoisotopic (exact) mass is 561 g/mol. The second kappa shape index (κ2) is 11.5. The molecule has 2 fully saturated rings. The molecule has 2 aromatic carbocycles. The number of fused-ring (bicyclic) bond motifs is 1. The van der Waals surface area contributed by atoms with Crippen LogP contribution in [0.4, 0.5) is 5.13 Å². The standard InChI is InChI=1S/C32H39N3O4S/c1-20-6-7-30(27(13-20)29-19-40-32(33-29)35-10-4-5-23(15-35)31(36)37)39-17-24-14-21(2)28-16-34(25-9-12-38-18-25)11-8-26(28)22(24)3/h6-7,13-14,19,23,25H,4-5,8-12,15-18H2,1-3H3,(H,36,37)/t23-,25?/m0/s1. The third-order valence-electron chi connectivity index (χ3n) is 8.93. The summed E-state index contributed by atoms with van der Waals surface area (Å²) in [6.45, 7) is 12.3. The summed E-state index contributed by atoms with van der Waals surface area (Å²) in [5.41, 5.74) is 9.92. The van der Waals surface area contributed by atoms with E-state index in [4.69, 9.17) is 14.5 Å². The van der Waals surface area contributed by atoms with E-state index < -0.39 is 5.97 Å². The van der Waals surface area contributed by atoms with Crippen molar-refractivity contribution in [2.75, 3.05) is 37.7 Å². The number of rotatable bonds is 7. The lowest BCUT2D eigenvalue weighted by Gasteiger charge is -2.35. The number of aromatic nitrogens is 1. The Morgan fingerprint density at radius 1 is 1.18 bits per heavy atom. The topological polar surface area (TPSA) is 75.1 Å². The number of benzene rings is 2. The smallest absolute Gasteiger partial charge is 0.308 e. The van der Waals surface area contributed by atoms with Crippen molar-refractivity contribution in [2.24, 2.45) is 5.92 Å². The molecule has 40 heavy (non-hydrogen) atoms. The summed E-state index contributed by atoms with van der Waals surface area (Å²) in [6, 6.07) is 9.13. The quantitative estimate of drug-likeness (QED) is 0.393. The van der Waals surface area contributed by atoms with Crippen LogP contribution in [0.3, 0.4) is 0 Å². The van der Waals surface area contributed by atoms with Crippen LogP contribution in [-0.2, 0) is 29.1 Å². The van der Waals surface area contributed by atoms with E-state index in [1.165, 1.54) is 27.8 Å². The minimum absolute atomic E-state index is 0.331. The minimum Gasteiger partial charge on any atom is -0.488 e. The van der Waals surface area contributed by atoms with Crippen molar-refractivity contribution in [3.63, 3.8) is 0 Å². The maximum atomic E-state index is 11.6. The van der Waals surface area contributed by atoms with E-state index in [1.54, 1.807) is 11.3 Å². The highest BCUT2D eigenvalue weighted by Crippen LogP contribution is 2.37. The summed E-state index contributed by atoms with van der Waals surface area (Å²) in [5.74, 6) is -0.224. The molecule has 3 aliphatic rings. The van der Waals surface area contributed by atoms with Gasteiger partial charge in [0.1, 0.15) is 12.4 Å². The van der Waals surface area contributed by atoms with E-state index in [2.05, 4.69) is 54.2 Å². The number of thiazole rings is 1. The number of carbonyl (C=O) groups is 1. The van der Waals surface area contributed by atoms with Crippen molar-refractivity contribution >= 4 is 22.4 Å². The van der Waals surface area contributed by atoms with Gasteiger partial charge in [0.25, 0.3) is 0 Å². The van der Waals surface area contributed by atoms with Gasteiger partial charge in [0.05, 0.1) is 18.2 Å². The maximum Gasteiger partial charge on any atom is 0.308 e. The normalized spacial score (nSPS) is 21.4. The Balaban J connectivity index is 1.20. The first-order valence-corrected chi connectivity index (χ1v) is 15.3. The molecule has 1 aromatic heterocycles. The third-order valence-corrected chi connectivity index (χ3v) is 9.83. The molecule has 6 rings (SSSR count). The molecule has 1 N–H and O–H groups in total. The first-order valence-electron chi connectivity index (χ1n) is 14.5. The van der Waals surface area contributed by atoms with Crippen molar-refractivity contribution in [2.45, 2.75) is 65.6 Å². The van der Waals surface area contributed by atoms with Gasteiger partial charge in [0.15, 0.2) is 5.13 Å². The van der Waals surface area contributed by atoms with Gasteiger partial charge in [-0.1, -0.05) is 17.7 Å².